The van der Waals surface area contributed by atoms with Crippen LogP contribution < -0.4 is 0 Å². The van der Waals surface area contributed by atoms with Crippen LogP contribution in [0.2, 0.25) is 0 Å². The maximum atomic E-state index is 12.0. The molecule has 4 nitrogen and oxygen atoms in total. The number of carboxylic acids is 1. The van der Waals surface area contributed by atoms with Gasteiger partial charge in [-0.3, -0.25) is 9.59 Å². The van der Waals surface area contributed by atoms with E-state index in [4.69, 9.17) is 9.84 Å². The fourth-order valence-electron chi connectivity index (χ4n) is 7.53. The maximum Gasteiger partial charge on any atom is 0.306 e. The van der Waals surface area contributed by atoms with Gasteiger partial charge in [0.05, 0.1) is 12.8 Å². The molecule has 7 atom stereocenters. The summed E-state index contributed by atoms with van der Waals surface area (Å²) in [6.07, 6.45) is 12.1. The Morgan fingerprint density at radius 3 is 2.64 bits per heavy atom. The summed E-state index contributed by atoms with van der Waals surface area (Å²) in [7, 11) is 0. The van der Waals surface area contributed by atoms with Gasteiger partial charge in [-0.25, -0.2) is 0 Å². The minimum atomic E-state index is -0.945. The van der Waals surface area contributed by atoms with E-state index < -0.39 is 5.97 Å². The molecule has 0 aromatic rings. The van der Waals surface area contributed by atoms with Crippen molar-refractivity contribution < 1.29 is 19.4 Å². The SMILES string of the molecule is C[C@H]1C=C2C[C@H](OC(=O)CCC(=O)O)CC[C@@]2(C)C2CC[C@@]3(C)CCCC3C21. The lowest BCUT2D eigenvalue weighted by Gasteiger charge is -2.59. The highest BCUT2D eigenvalue weighted by molar-refractivity contribution is 5.76. The quantitative estimate of drug-likeness (QED) is 0.520. The van der Waals surface area contributed by atoms with Crippen LogP contribution in [-0.2, 0) is 14.3 Å². The zero-order valence-electron chi connectivity index (χ0n) is 17.7. The molecule has 3 saturated carbocycles. The van der Waals surface area contributed by atoms with Crippen LogP contribution in [0.1, 0.15) is 85.0 Å². The number of carboxylic acid groups (broad SMARTS) is 1. The van der Waals surface area contributed by atoms with Crippen LogP contribution in [0.5, 0.6) is 0 Å². The predicted octanol–water partition coefficient (Wildman–Crippen LogP) is 5.36. The van der Waals surface area contributed by atoms with Gasteiger partial charge in [-0.15, -0.1) is 0 Å². The molecule has 4 aliphatic carbocycles. The van der Waals surface area contributed by atoms with E-state index in [0.717, 1.165) is 37.0 Å². The summed E-state index contributed by atoms with van der Waals surface area (Å²) in [4.78, 5) is 22.7. The summed E-state index contributed by atoms with van der Waals surface area (Å²) in [6, 6.07) is 0. The first-order valence-corrected chi connectivity index (χ1v) is 11.4. The third-order valence-corrected chi connectivity index (χ3v) is 9.01. The van der Waals surface area contributed by atoms with Crippen molar-refractivity contribution in [2.45, 2.75) is 91.1 Å². The van der Waals surface area contributed by atoms with Gasteiger partial charge in [0.1, 0.15) is 6.10 Å². The van der Waals surface area contributed by atoms with E-state index in [1.807, 2.05) is 0 Å². The number of aliphatic carboxylic acids is 1. The first-order chi connectivity index (χ1) is 13.2. The molecule has 4 rings (SSSR count). The number of allylic oxidation sites excluding steroid dienone is 1. The molecule has 28 heavy (non-hydrogen) atoms. The van der Waals surface area contributed by atoms with Crippen LogP contribution >= 0.6 is 0 Å². The number of carbonyl (C=O) groups excluding carboxylic acids is 1. The third-order valence-electron chi connectivity index (χ3n) is 9.01. The van der Waals surface area contributed by atoms with Crippen LogP contribution in [-0.4, -0.2) is 23.1 Å². The standard InChI is InChI=1S/C24H36O4/c1-15-13-16-14-17(28-21(27)7-6-20(25)26)8-12-24(16,3)19-9-11-23(2)10-4-5-18(23)22(15)19/h13,15,17-19,22H,4-12,14H2,1-3H3,(H,25,26)/t15-,17+,18?,19?,22?,23+,24+/m0/s1. The number of fused-ring (bicyclic) bond motifs is 5. The molecule has 3 fully saturated rings. The summed E-state index contributed by atoms with van der Waals surface area (Å²) < 4.78 is 5.65. The van der Waals surface area contributed by atoms with Gasteiger partial charge in [0.25, 0.3) is 0 Å². The Kier molecular flexibility index (Phi) is 5.12. The van der Waals surface area contributed by atoms with Crippen molar-refractivity contribution in [2.24, 2.45) is 34.5 Å². The molecule has 0 radical (unpaired) electrons. The highest BCUT2D eigenvalue weighted by Crippen LogP contribution is 2.65. The number of ether oxygens (including phenoxy) is 1. The molecule has 4 aliphatic rings. The van der Waals surface area contributed by atoms with E-state index in [1.54, 1.807) is 0 Å². The molecular formula is C24H36O4. The smallest absolute Gasteiger partial charge is 0.306 e. The Morgan fingerprint density at radius 1 is 1.11 bits per heavy atom. The van der Waals surface area contributed by atoms with Crippen molar-refractivity contribution in [2.75, 3.05) is 0 Å². The van der Waals surface area contributed by atoms with Gasteiger partial charge in [-0.05, 0) is 73.0 Å². The minimum Gasteiger partial charge on any atom is -0.481 e. The average Bonchev–Trinajstić information content (AvgIpc) is 3.03. The Labute approximate surface area is 169 Å². The Bertz CT molecular complexity index is 682. The van der Waals surface area contributed by atoms with Gasteiger partial charge >= 0.3 is 11.9 Å². The van der Waals surface area contributed by atoms with Gasteiger partial charge < -0.3 is 9.84 Å². The summed E-state index contributed by atoms with van der Waals surface area (Å²) in [5.74, 6) is 1.75. The molecule has 0 saturated heterocycles. The van der Waals surface area contributed by atoms with Crippen molar-refractivity contribution in [3.63, 3.8) is 0 Å². The van der Waals surface area contributed by atoms with Gasteiger partial charge in [0.15, 0.2) is 0 Å². The number of rotatable bonds is 4. The second kappa shape index (κ2) is 7.18. The molecule has 0 bridgehead atoms. The zero-order valence-corrected chi connectivity index (χ0v) is 17.7. The van der Waals surface area contributed by atoms with Crippen LogP contribution in [0.4, 0.5) is 0 Å². The lowest BCUT2D eigenvalue weighted by Crippen LogP contribution is -2.51. The zero-order chi connectivity index (χ0) is 20.1. The normalized spacial score (nSPS) is 44.7. The molecule has 3 unspecified atom stereocenters. The number of hydrogen-bond donors (Lipinski definition) is 1. The lowest BCUT2D eigenvalue weighted by molar-refractivity contribution is -0.154. The van der Waals surface area contributed by atoms with Crippen LogP contribution in [0.25, 0.3) is 0 Å². The molecule has 0 aromatic carbocycles. The monoisotopic (exact) mass is 388 g/mol. The van der Waals surface area contributed by atoms with Crippen LogP contribution in [0, 0.1) is 34.5 Å². The molecular weight excluding hydrogens is 352 g/mol. The fourth-order valence-corrected chi connectivity index (χ4v) is 7.53. The van der Waals surface area contributed by atoms with Gasteiger partial charge in [0.2, 0.25) is 0 Å². The average molecular weight is 389 g/mol. The molecule has 0 spiro atoms. The van der Waals surface area contributed by atoms with Gasteiger partial charge in [-0.2, -0.15) is 0 Å². The topological polar surface area (TPSA) is 63.6 Å². The number of carbonyl (C=O) groups is 2. The minimum absolute atomic E-state index is 0.0243. The van der Waals surface area contributed by atoms with Crippen molar-refractivity contribution in [3.05, 3.63) is 11.6 Å². The van der Waals surface area contributed by atoms with E-state index in [1.165, 1.54) is 37.7 Å². The van der Waals surface area contributed by atoms with E-state index >= 15 is 0 Å². The third kappa shape index (κ3) is 3.31. The van der Waals surface area contributed by atoms with Crippen molar-refractivity contribution in [1.82, 2.24) is 0 Å². The largest absolute Gasteiger partial charge is 0.481 e. The highest BCUT2D eigenvalue weighted by Gasteiger charge is 2.57. The number of hydrogen-bond acceptors (Lipinski definition) is 3. The molecule has 1 N–H and O–H groups in total. The Balaban J connectivity index is 1.49. The molecule has 156 valence electrons. The Morgan fingerprint density at radius 2 is 1.89 bits per heavy atom. The van der Waals surface area contributed by atoms with Crippen molar-refractivity contribution in [1.29, 1.82) is 0 Å². The first kappa shape index (κ1) is 20.0. The predicted molar refractivity (Wildman–Crippen MR) is 108 cm³/mol. The Hall–Kier alpha value is -1.32. The summed E-state index contributed by atoms with van der Waals surface area (Å²) in [5.41, 5.74) is 2.32. The van der Waals surface area contributed by atoms with E-state index in [-0.39, 0.29) is 30.3 Å². The van der Waals surface area contributed by atoms with Crippen molar-refractivity contribution >= 4 is 11.9 Å². The lowest BCUT2D eigenvalue weighted by atomic mass is 9.46. The molecule has 4 heteroatoms. The van der Waals surface area contributed by atoms with E-state index in [9.17, 15) is 9.59 Å². The first-order valence-electron chi connectivity index (χ1n) is 11.4. The summed E-state index contributed by atoms with van der Waals surface area (Å²) in [6.45, 7) is 7.43. The molecule has 0 heterocycles. The highest BCUT2D eigenvalue weighted by atomic mass is 16.5. The van der Waals surface area contributed by atoms with Gasteiger partial charge in [0, 0.05) is 6.42 Å². The van der Waals surface area contributed by atoms with Crippen LogP contribution in [0.15, 0.2) is 11.6 Å². The second-order valence-corrected chi connectivity index (χ2v) is 10.6. The molecule has 0 aliphatic heterocycles. The fraction of sp³-hybridized carbons (Fsp3) is 0.833. The van der Waals surface area contributed by atoms with E-state index in [0.29, 0.717) is 11.3 Å². The number of esters is 1. The maximum absolute atomic E-state index is 12.0. The van der Waals surface area contributed by atoms with E-state index in [2.05, 4.69) is 26.8 Å². The summed E-state index contributed by atoms with van der Waals surface area (Å²) >= 11 is 0. The van der Waals surface area contributed by atoms with Crippen LogP contribution in [0.3, 0.4) is 0 Å². The molecule has 0 aromatic heterocycles. The summed E-state index contributed by atoms with van der Waals surface area (Å²) in [5, 5.41) is 8.76. The molecule has 0 amide bonds. The van der Waals surface area contributed by atoms with Gasteiger partial charge in [-0.1, -0.05) is 38.8 Å². The second-order valence-electron chi connectivity index (χ2n) is 10.6. The van der Waals surface area contributed by atoms with Crippen molar-refractivity contribution in [3.8, 4) is 0 Å².